The molecule has 2 aromatic rings. The largest absolute Gasteiger partial charge is 0.462 e. The van der Waals surface area contributed by atoms with Crippen molar-refractivity contribution in [3.05, 3.63) is 42.0 Å². The molecule has 1 aromatic heterocycles. The van der Waals surface area contributed by atoms with E-state index in [9.17, 15) is 4.79 Å². The van der Waals surface area contributed by atoms with Crippen molar-refractivity contribution in [1.29, 1.82) is 0 Å². The Kier molecular flexibility index (Phi) is 6.82. The van der Waals surface area contributed by atoms with Gasteiger partial charge in [-0.2, -0.15) is 0 Å². The summed E-state index contributed by atoms with van der Waals surface area (Å²) in [7, 11) is 0. The zero-order valence-electron chi connectivity index (χ0n) is 15.5. The van der Waals surface area contributed by atoms with Crippen molar-refractivity contribution in [3.63, 3.8) is 0 Å². The van der Waals surface area contributed by atoms with E-state index in [0.29, 0.717) is 22.3 Å². The van der Waals surface area contributed by atoms with Gasteiger partial charge in [-0.05, 0) is 50.5 Å². The number of anilines is 1. The van der Waals surface area contributed by atoms with Crippen molar-refractivity contribution in [3.8, 4) is 10.4 Å². The van der Waals surface area contributed by atoms with Gasteiger partial charge in [0, 0.05) is 11.5 Å². The van der Waals surface area contributed by atoms with E-state index >= 15 is 0 Å². The van der Waals surface area contributed by atoms with Gasteiger partial charge < -0.3 is 20.1 Å². The van der Waals surface area contributed by atoms with Crippen molar-refractivity contribution in [2.45, 2.75) is 38.8 Å². The van der Waals surface area contributed by atoms with E-state index in [1.165, 1.54) is 11.3 Å². The number of carbonyl (C=O) groups excluding carboxylic acids is 1. The molecular weight excluding hydrogens is 380 g/mol. The standard InChI is InChI=1S/C20H24N2O3S2/c1-3-24-19(23)15-12-17(14-8-5-4-6-9-14)27-18(15)22-20(26)21-13(2)16-10-7-11-25-16/h4-6,8-9,12-13,16H,3,7,10-11H2,1-2H3,(H2,21,22,26)/t13-,16-/m0/s1. The number of rotatable bonds is 6. The van der Waals surface area contributed by atoms with Gasteiger partial charge in [-0.1, -0.05) is 30.3 Å². The van der Waals surface area contributed by atoms with E-state index in [1.807, 2.05) is 36.4 Å². The van der Waals surface area contributed by atoms with E-state index in [4.69, 9.17) is 21.7 Å². The van der Waals surface area contributed by atoms with Crippen LogP contribution in [0.15, 0.2) is 36.4 Å². The van der Waals surface area contributed by atoms with Crippen LogP contribution in [0.4, 0.5) is 5.00 Å². The molecule has 0 bridgehead atoms. The molecule has 2 heterocycles. The summed E-state index contributed by atoms with van der Waals surface area (Å²) in [6.45, 7) is 4.98. The number of carbonyl (C=O) groups is 1. The Balaban J connectivity index is 1.76. The lowest BCUT2D eigenvalue weighted by atomic mass is 10.1. The van der Waals surface area contributed by atoms with Crippen molar-refractivity contribution in [2.24, 2.45) is 0 Å². The first kappa shape index (κ1) is 19.8. The van der Waals surface area contributed by atoms with Gasteiger partial charge in [0.05, 0.1) is 24.3 Å². The highest BCUT2D eigenvalue weighted by atomic mass is 32.1. The Morgan fingerprint density at radius 3 is 2.85 bits per heavy atom. The highest BCUT2D eigenvalue weighted by molar-refractivity contribution is 7.80. The Bertz CT molecular complexity index is 786. The third kappa shape index (κ3) is 5.06. The molecule has 3 rings (SSSR count). The number of thiophene rings is 1. The van der Waals surface area contributed by atoms with E-state index < -0.39 is 0 Å². The minimum absolute atomic E-state index is 0.104. The minimum atomic E-state index is -0.353. The molecular formula is C20H24N2O3S2. The van der Waals surface area contributed by atoms with Crippen molar-refractivity contribution in [1.82, 2.24) is 5.32 Å². The Labute approximate surface area is 169 Å². The van der Waals surface area contributed by atoms with Crippen LogP contribution < -0.4 is 10.6 Å². The molecule has 0 saturated carbocycles. The van der Waals surface area contributed by atoms with Gasteiger partial charge in [0.25, 0.3) is 0 Å². The summed E-state index contributed by atoms with van der Waals surface area (Å²) in [4.78, 5) is 13.4. The molecule has 2 N–H and O–H groups in total. The van der Waals surface area contributed by atoms with Crippen LogP contribution in [-0.4, -0.2) is 36.4 Å². The smallest absolute Gasteiger partial charge is 0.341 e. The molecule has 0 unspecified atom stereocenters. The molecule has 1 fully saturated rings. The lowest BCUT2D eigenvalue weighted by molar-refractivity contribution is 0.0528. The lowest BCUT2D eigenvalue weighted by Crippen LogP contribution is -2.42. The number of esters is 1. The molecule has 1 aromatic carbocycles. The molecule has 144 valence electrons. The average Bonchev–Trinajstić information content (AvgIpc) is 3.33. The van der Waals surface area contributed by atoms with Crippen LogP contribution in [0, 0.1) is 0 Å². The van der Waals surface area contributed by atoms with E-state index in [1.54, 1.807) is 6.92 Å². The van der Waals surface area contributed by atoms with Crippen molar-refractivity contribution in [2.75, 3.05) is 18.5 Å². The number of ether oxygens (including phenoxy) is 2. The average molecular weight is 405 g/mol. The monoisotopic (exact) mass is 404 g/mol. The quantitative estimate of drug-likeness (QED) is 0.548. The summed E-state index contributed by atoms with van der Waals surface area (Å²) in [5, 5.41) is 7.61. The van der Waals surface area contributed by atoms with E-state index in [0.717, 1.165) is 29.9 Å². The first-order valence-corrected chi connectivity index (χ1v) is 10.4. The Hall–Kier alpha value is -1.96. The van der Waals surface area contributed by atoms with Gasteiger partial charge in [-0.15, -0.1) is 11.3 Å². The molecule has 5 nitrogen and oxygen atoms in total. The first-order valence-electron chi connectivity index (χ1n) is 9.14. The Morgan fingerprint density at radius 2 is 2.19 bits per heavy atom. The maximum Gasteiger partial charge on any atom is 0.341 e. The predicted molar refractivity (Wildman–Crippen MR) is 114 cm³/mol. The van der Waals surface area contributed by atoms with E-state index in [2.05, 4.69) is 17.6 Å². The van der Waals surface area contributed by atoms with Crippen LogP contribution in [0.5, 0.6) is 0 Å². The summed E-state index contributed by atoms with van der Waals surface area (Å²) >= 11 is 6.95. The number of thiocarbonyl (C=S) groups is 1. The maximum absolute atomic E-state index is 12.4. The molecule has 0 spiro atoms. The third-order valence-corrected chi connectivity index (χ3v) is 5.71. The van der Waals surface area contributed by atoms with Crippen LogP contribution in [0.1, 0.15) is 37.0 Å². The number of hydrogen-bond acceptors (Lipinski definition) is 5. The second-order valence-corrected chi connectivity index (χ2v) is 7.84. The molecule has 0 aliphatic carbocycles. The fraction of sp³-hybridized carbons (Fsp3) is 0.400. The van der Waals surface area contributed by atoms with Crippen LogP contribution in [0.25, 0.3) is 10.4 Å². The van der Waals surface area contributed by atoms with Gasteiger partial charge in [-0.3, -0.25) is 0 Å². The second-order valence-electron chi connectivity index (χ2n) is 6.38. The summed E-state index contributed by atoms with van der Waals surface area (Å²) in [5.41, 5.74) is 1.54. The topological polar surface area (TPSA) is 59.6 Å². The molecule has 0 radical (unpaired) electrons. The van der Waals surface area contributed by atoms with E-state index in [-0.39, 0.29) is 18.1 Å². The highest BCUT2D eigenvalue weighted by Gasteiger charge is 2.24. The second kappa shape index (κ2) is 9.30. The van der Waals surface area contributed by atoms with Gasteiger partial charge in [0.15, 0.2) is 5.11 Å². The molecule has 27 heavy (non-hydrogen) atoms. The normalized spacial score (nSPS) is 17.3. The summed E-state index contributed by atoms with van der Waals surface area (Å²) in [5.74, 6) is -0.353. The van der Waals surface area contributed by atoms with Gasteiger partial charge in [0.1, 0.15) is 5.00 Å². The summed E-state index contributed by atoms with van der Waals surface area (Å²) in [6.07, 6.45) is 2.27. The molecule has 1 aliphatic rings. The van der Waals surface area contributed by atoms with Gasteiger partial charge in [0.2, 0.25) is 0 Å². The SMILES string of the molecule is CCOC(=O)c1cc(-c2ccccc2)sc1NC(=S)N[C@@H](C)[C@@H]1CCCO1. The highest BCUT2D eigenvalue weighted by Crippen LogP contribution is 2.36. The van der Waals surface area contributed by atoms with Crippen molar-refractivity contribution < 1.29 is 14.3 Å². The first-order chi connectivity index (χ1) is 13.1. The fourth-order valence-corrected chi connectivity index (χ4v) is 4.43. The molecule has 2 atom stereocenters. The van der Waals surface area contributed by atoms with Crippen molar-refractivity contribution >= 4 is 39.6 Å². The van der Waals surface area contributed by atoms with Gasteiger partial charge >= 0.3 is 5.97 Å². The molecule has 0 amide bonds. The zero-order chi connectivity index (χ0) is 19.2. The van der Waals surface area contributed by atoms with Gasteiger partial charge in [-0.25, -0.2) is 4.79 Å². The molecule has 1 aliphatic heterocycles. The lowest BCUT2D eigenvalue weighted by Gasteiger charge is -2.21. The number of hydrogen-bond donors (Lipinski definition) is 2. The number of nitrogens with one attached hydrogen (secondary N) is 2. The van der Waals surface area contributed by atoms with Crippen LogP contribution in [0.3, 0.4) is 0 Å². The minimum Gasteiger partial charge on any atom is -0.462 e. The van der Waals surface area contributed by atoms with Crippen LogP contribution in [-0.2, 0) is 9.47 Å². The molecule has 7 heteroatoms. The predicted octanol–water partition coefficient (Wildman–Crippen LogP) is 4.45. The molecule has 1 saturated heterocycles. The Morgan fingerprint density at radius 1 is 1.41 bits per heavy atom. The number of benzene rings is 1. The maximum atomic E-state index is 12.4. The van der Waals surface area contributed by atoms with Crippen LogP contribution in [0.2, 0.25) is 0 Å². The zero-order valence-corrected chi connectivity index (χ0v) is 17.1. The summed E-state index contributed by atoms with van der Waals surface area (Å²) < 4.78 is 10.9. The third-order valence-electron chi connectivity index (χ3n) is 4.39. The fourth-order valence-electron chi connectivity index (χ4n) is 3.02. The van der Waals surface area contributed by atoms with Crippen LogP contribution >= 0.6 is 23.6 Å². The summed E-state index contributed by atoms with van der Waals surface area (Å²) in [6, 6.07) is 11.9.